The van der Waals surface area contributed by atoms with Gasteiger partial charge in [-0.2, -0.15) is 0 Å². The summed E-state index contributed by atoms with van der Waals surface area (Å²) in [4.78, 5) is 14.3. The lowest BCUT2D eigenvalue weighted by Gasteiger charge is -2.17. The zero-order valence-electron chi connectivity index (χ0n) is 12.4. The van der Waals surface area contributed by atoms with Crippen molar-refractivity contribution in [2.24, 2.45) is 0 Å². The Kier molecular flexibility index (Phi) is 5.22. The Hall–Kier alpha value is -2.01. The molecule has 2 aromatic rings. The number of rotatable bonds is 6. The van der Waals surface area contributed by atoms with Crippen LogP contribution < -0.4 is 10.1 Å². The zero-order valence-corrected chi connectivity index (χ0v) is 13.2. The largest absolute Gasteiger partial charge is 0.497 e. The molecule has 0 aliphatic rings. The second kappa shape index (κ2) is 7.13. The Morgan fingerprint density at radius 1 is 1.33 bits per heavy atom. The van der Waals surface area contributed by atoms with Gasteiger partial charge in [0.1, 0.15) is 5.75 Å². The van der Waals surface area contributed by atoms with Gasteiger partial charge < -0.3 is 14.8 Å². The predicted octanol–water partition coefficient (Wildman–Crippen LogP) is 3.78. The van der Waals surface area contributed by atoms with Gasteiger partial charge in [-0.1, -0.05) is 6.07 Å². The summed E-state index contributed by atoms with van der Waals surface area (Å²) in [5.74, 6) is 0.465. The molecule has 1 aromatic carbocycles. The summed E-state index contributed by atoms with van der Waals surface area (Å²) in [5, 5.41) is 3.22. The Labute approximate surface area is 128 Å². The van der Waals surface area contributed by atoms with Crippen LogP contribution in [0.2, 0.25) is 0 Å². The van der Waals surface area contributed by atoms with Gasteiger partial charge >= 0.3 is 5.97 Å². The van der Waals surface area contributed by atoms with Crippen molar-refractivity contribution < 1.29 is 14.3 Å². The van der Waals surface area contributed by atoms with Crippen molar-refractivity contribution in [1.82, 2.24) is 0 Å². The Balaban J connectivity index is 2.24. The van der Waals surface area contributed by atoms with Gasteiger partial charge in [0.2, 0.25) is 0 Å². The van der Waals surface area contributed by atoms with Crippen molar-refractivity contribution in [2.45, 2.75) is 19.9 Å². The number of hydrogen-bond acceptors (Lipinski definition) is 5. The molecule has 2 rings (SSSR count). The van der Waals surface area contributed by atoms with Gasteiger partial charge in [-0.25, -0.2) is 4.79 Å². The number of nitrogens with one attached hydrogen (secondary N) is 1. The van der Waals surface area contributed by atoms with E-state index in [0.29, 0.717) is 6.61 Å². The maximum atomic E-state index is 12.2. The normalized spacial score (nSPS) is 11.8. The topological polar surface area (TPSA) is 47.6 Å². The highest BCUT2D eigenvalue weighted by atomic mass is 32.1. The fourth-order valence-electron chi connectivity index (χ4n) is 1.96. The minimum absolute atomic E-state index is 0.276. The number of esters is 1. The Morgan fingerprint density at radius 2 is 2.14 bits per heavy atom. The van der Waals surface area contributed by atoms with E-state index in [-0.39, 0.29) is 5.97 Å². The predicted molar refractivity (Wildman–Crippen MR) is 85.0 cm³/mol. The van der Waals surface area contributed by atoms with Crippen LogP contribution in [0.15, 0.2) is 36.4 Å². The van der Waals surface area contributed by atoms with Crippen molar-refractivity contribution in [3.05, 3.63) is 46.2 Å². The van der Waals surface area contributed by atoms with Crippen LogP contribution in [0.4, 0.5) is 5.69 Å². The SMILES string of the molecule is CCOC(=O)C(Nc1cccc(OC)c1)c1ccc(C)s1. The number of methoxy groups -OCH3 is 1. The van der Waals surface area contributed by atoms with E-state index in [1.54, 1.807) is 25.4 Å². The smallest absolute Gasteiger partial charge is 0.334 e. The van der Waals surface area contributed by atoms with Crippen molar-refractivity contribution in [2.75, 3.05) is 19.0 Å². The van der Waals surface area contributed by atoms with E-state index in [0.717, 1.165) is 21.2 Å². The monoisotopic (exact) mass is 305 g/mol. The average Bonchev–Trinajstić information content (AvgIpc) is 2.91. The van der Waals surface area contributed by atoms with Crippen LogP contribution in [-0.2, 0) is 9.53 Å². The molecule has 0 radical (unpaired) electrons. The zero-order chi connectivity index (χ0) is 15.2. The summed E-state index contributed by atoms with van der Waals surface area (Å²) in [5.41, 5.74) is 0.818. The van der Waals surface area contributed by atoms with E-state index in [9.17, 15) is 4.79 Å². The molecule has 0 aliphatic carbocycles. The van der Waals surface area contributed by atoms with E-state index in [1.165, 1.54) is 0 Å². The van der Waals surface area contributed by atoms with E-state index in [2.05, 4.69) is 5.32 Å². The first-order valence-electron chi connectivity index (χ1n) is 6.77. The first-order valence-corrected chi connectivity index (χ1v) is 7.59. The molecule has 1 unspecified atom stereocenters. The standard InChI is InChI=1S/C16H19NO3S/c1-4-20-16(18)15(14-9-8-11(2)21-14)17-12-6-5-7-13(10-12)19-3/h5-10,15,17H,4H2,1-3H3. The maximum absolute atomic E-state index is 12.2. The Morgan fingerprint density at radius 3 is 2.76 bits per heavy atom. The van der Waals surface area contributed by atoms with E-state index < -0.39 is 6.04 Å². The molecule has 21 heavy (non-hydrogen) atoms. The molecule has 4 nitrogen and oxygen atoms in total. The summed E-state index contributed by atoms with van der Waals surface area (Å²) in [6, 6.07) is 10.9. The van der Waals surface area contributed by atoms with Gasteiger partial charge in [-0.15, -0.1) is 11.3 Å². The second-order valence-electron chi connectivity index (χ2n) is 4.51. The summed E-state index contributed by atoms with van der Waals surface area (Å²) in [7, 11) is 1.62. The van der Waals surface area contributed by atoms with Crippen LogP contribution in [0.25, 0.3) is 0 Å². The summed E-state index contributed by atoms with van der Waals surface area (Å²) in [6.45, 7) is 4.18. The minimum Gasteiger partial charge on any atom is -0.497 e. The summed E-state index contributed by atoms with van der Waals surface area (Å²) in [6.07, 6.45) is 0. The van der Waals surface area contributed by atoms with Crippen molar-refractivity contribution >= 4 is 23.0 Å². The molecule has 0 fully saturated rings. The number of carbonyl (C=O) groups is 1. The maximum Gasteiger partial charge on any atom is 0.334 e. The molecular formula is C16H19NO3S. The molecule has 0 saturated carbocycles. The quantitative estimate of drug-likeness (QED) is 0.825. The lowest BCUT2D eigenvalue weighted by Crippen LogP contribution is -2.22. The highest BCUT2D eigenvalue weighted by molar-refractivity contribution is 7.12. The molecule has 0 saturated heterocycles. The fourth-order valence-corrected chi connectivity index (χ4v) is 2.88. The van der Waals surface area contributed by atoms with E-state index in [1.807, 2.05) is 43.3 Å². The number of anilines is 1. The van der Waals surface area contributed by atoms with Crippen LogP contribution in [0.3, 0.4) is 0 Å². The summed E-state index contributed by atoms with van der Waals surface area (Å²) < 4.78 is 10.4. The Bertz CT molecular complexity index is 609. The third-order valence-corrected chi connectivity index (χ3v) is 4.01. The van der Waals surface area contributed by atoms with Crippen molar-refractivity contribution in [3.8, 4) is 5.75 Å². The minimum atomic E-state index is -0.504. The van der Waals surface area contributed by atoms with Crippen molar-refractivity contribution in [3.63, 3.8) is 0 Å². The number of thiophene rings is 1. The number of aryl methyl sites for hydroxylation is 1. The average molecular weight is 305 g/mol. The van der Waals surface area contributed by atoms with Crippen LogP contribution in [0, 0.1) is 6.92 Å². The van der Waals surface area contributed by atoms with Gasteiger partial charge in [-0.05, 0) is 38.1 Å². The molecule has 1 heterocycles. The van der Waals surface area contributed by atoms with Gasteiger partial charge in [0.15, 0.2) is 6.04 Å². The summed E-state index contributed by atoms with van der Waals surface area (Å²) >= 11 is 1.58. The van der Waals surface area contributed by atoms with E-state index >= 15 is 0 Å². The molecule has 5 heteroatoms. The van der Waals surface area contributed by atoms with Gasteiger partial charge in [0.05, 0.1) is 13.7 Å². The fraction of sp³-hybridized carbons (Fsp3) is 0.312. The first kappa shape index (κ1) is 15.4. The third-order valence-electron chi connectivity index (χ3n) is 2.95. The molecule has 1 atom stereocenters. The van der Waals surface area contributed by atoms with Gasteiger partial charge in [0.25, 0.3) is 0 Å². The molecule has 1 N–H and O–H groups in total. The number of carbonyl (C=O) groups excluding carboxylic acids is 1. The number of benzene rings is 1. The lowest BCUT2D eigenvalue weighted by atomic mass is 10.2. The molecule has 112 valence electrons. The molecular weight excluding hydrogens is 286 g/mol. The highest BCUT2D eigenvalue weighted by Crippen LogP contribution is 2.28. The molecule has 1 aromatic heterocycles. The van der Waals surface area contributed by atoms with Crippen molar-refractivity contribution in [1.29, 1.82) is 0 Å². The molecule has 0 amide bonds. The number of hydrogen-bond donors (Lipinski definition) is 1. The third kappa shape index (κ3) is 3.98. The van der Waals surface area contributed by atoms with Crippen LogP contribution in [0.5, 0.6) is 5.75 Å². The van der Waals surface area contributed by atoms with Crippen LogP contribution in [0.1, 0.15) is 22.7 Å². The highest BCUT2D eigenvalue weighted by Gasteiger charge is 2.23. The molecule has 0 aliphatic heterocycles. The van der Waals surface area contributed by atoms with Gasteiger partial charge in [-0.3, -0.25) is 0 Å². The van der Waals surface area contributed by atoms with Crippen LogP contribution >= 0.6 is 11.3 Å². The first-order chi connectivity index (χ1) is 10.1. The number of ether oxygens (including phenoxy) is 2. The van der Waals surface area contributed by atoms with E-state index in [4.69, 9.17) is 9.47 Å². The molecule has 0 bridgehead atoms. The van der Waals surface area contributed by atoms with Crippen LogP contribution in [-0.4, -0.2) is 19.7 Å². The van der Waals surface area contributed by atoms with Gasteiger partial charge in [0, 0.05) is 21.5 Å². The lowest BCUT2D eigenvalue weighted by molar-refractivity contribution is -0.144. The second-order valence-corrected chi connectivity index (χ2v) is 5.83. The molecule has 0 spiro atoms.